The average molecular weight is 719 g/mol. The Morgan fingerprint density at radius 1 is 0.849 bits per heavy atom. The number of hydrogen-bond acceptors (Lipinski definition) is 8. The van der Waals surface area contributed by atoms with E-state index in [0.717, 1.165) is 54.6 Å². The van der Waals surface area contributed by atoms with E-state index in [9.17, 15) is 14.4 Å². The van der Waals surface area contributed by atoms with Crippen molar-refractivity contribution in [3.05, 3.63) is 94.8 Å². The predicted molar refractivity (Wildman–Crippen MR) is 204 cm³/mol. The highest BCUT2D eigenvalue weighted by molar-refractivity contribution is 5.93. The van der Waals surface area contributed by atoms with Gasteiger partial charge >= 0.3 is 5.97 Å². The first kappa shape index (κ1) is 33.2. The number of fused-ring (bicyclic) bond motifs is 13. The lowest BCUT2D eigenvalue weighted by Crippen LogP contribution is -2.66. The average Bonchev–Trinajstić information content (AvgIpc) is 3.75. The maximum absolute atomic E-state index is 12.7. The van der Waals surface area contributed by atoms with Gasteiger partial charge in [-0.1, -0.05) is 36.4 Å². The summed E-state index contributed by atoms with van der Waals surface area (Å²) in [4.78, 5) is 49.3. The number of methoxy groups -OCH3 is 1. The lowest BCUT2D eigenvalue weighted by Gasteiger charge is -2.57. The van der Waals surface area contributed by atoms with Crippen molar-refractivity contribution in [3.63, 3.8) is 0 Å². The molecule has 10 nitrogen and oxygen atoms in total. The van der Waals surface area contributed by atoms with E-state index in [1.54, 1.807) is 6.08 Å². The van der Waals surface area contributed by atoms with E-state index < -0.39 is 11.6 Å². The number of carbonyl (C=O) groups is 3. The first-order valence-corrected chi connectivity index (χ1v) is 19.3. The largest absolute Gasteiger partial charge is 0.468 e. The molecule has 10 heteroatoms. The fraction of sp³-hybridized carbons (Fsp3) is 0.465. The lowest BCUT2D eigenvalue weighted by molar-refractivity contribution is -0.180. The normalized spacial score (nSPS) is 33.2. The number of esters is 1. The van der Waals surface area contributed by atoms with Crippen LogP contribution in [0.15, 0.2) is 72.3 Å². The Balaban J connectivity index is 0.000000150. The topological polar surface area (TPSA) is 117 Å². The minimum Gasteiger partial charge on any atom is -0.468 e. The highest BCUT2D eigenvalue weighted by Crippen LogP contribution is 2.51. The molecule has 6 heterocycles. The van der Waals surface area contributed by atoms with Crippen LogP contribution >= 0.6 is 0 Å². The predicted octanol–water partition coefficient (Wildman–Crippen LogP) is 6.47. The van der Waals surface area contributed by atoms with Crippen molar-refractivity contribution in [1.82, 2.24) is 19.8 Å². The number of allylic oxidation sites excluding steroid dienone is 2. The van der Waals surface area contributed by atoms with Gasteiger partial charge in [0.1, 0.15) is 11.6 Å². The maximum Gasteiger partial charge on any atom is 0.323 e. The van der Waals surface area contributed by atoms with E-state index in [4.69, 9.17) is 14.2 Å². The molecule has 2 aromatic carbocycles. The first-order chi connectivity index (χ1) is 25.8. The molecule has 53 heavy (non-hydrogen) atoms. The second-order valence-electron chi connectivity index (χ2n) is 16.1. The molecular formula is C43H50N4O6. The van der Waals surface area contributed by atoms with Gasteiger partial charge in [0.15, 0.2) is 11.6 Å². The Hall–Kier alpha value is -4.35. The Morgan fingerprint density at radius 3 is 2.32 bits per heavy atom. The van der Waals surface area contributed by atoms with Crippen LogP contribution in [0.2, 0.25) is 0 Å². The van der Waals surface area contributed by atoms with Gasteiger partial charge in [-0.15, -0.1) is 0 Å². The molecule has 11 rings (SSSR count). The molecule has 7 aliphatic rings. The molecule has 4 aromatic rings. The number of morpholine rings is 2. The summed E-state index contributed by atoms with van der Waals surface area (Å²) in [5.41, 5.74) is 7.75. The molecular weight excluding hydrogens is 668 g/mol. The van der Waals surface area contributed by atoms with Crippen LogP contribution in [0, 0.1) is 0 Å². The van der Waals surface area contributed by atoms with Crippen LogP contribution < -0.4 is 0 Å². The molecule has 2 saturated heterocycles. The van der Waals surface area contributed by atoms with Gasteiger partial charge in [0.25, 0.3) is 0 Å². The minimum atomic E-state index is -0.583. The Labute approximate surface area is 311 Å². The van der Waals surface area contributed by atoms with E-state index in [0.29, 0.717) is 25.9 Å². The zero-order chi connectivity index (χ0) is 36.1. The van der Waals surface area contributed by atoms with Gasteiger partial charge in [0, 0.05) is 61.9 Å². The van der Waals surface area contributed by atoms with Crippen LogP contribution in [0.25, 0.3) is 21.8 Å². The van der Waals surface area contributed by atoms with Gasteiger partial charge in [0.2, 0.25) is 0 Å². The number of ketones is 2. The third-order valence-corrected chi connectivity index (χ3v) is 13.5. The van der Waals surface area contributed by atoms with Crippen LogP contribution in [0.5, 0.6) is 0 Å². The second-order valence-corrected chi connectivity index (χ2v) is 16.1. The number of carbonyl (C=O) groups excluding carboxylic acids is 3. The number of rotatable bonds is 1. The molecule has 1 spiro atoms. The summed E-state index contributed by atoms with van der Waals surface area (Å²) in [5.74, 6) is 0.0872. The fourth-order valence-electron chi connectivity index (χ4n) is 11.0. The van der Waals surface area contributed by atoms with Crippen LogP contribution in [-0.2, 0) is 41.4 Å². The minimum absolute atomic E-state index is 0. The van der Waals surface area contributed by atoms with Crippen molar-refractivity contribution < 1.29 is 31.4 Å². The SMILES string of the molecule is COC(=O)[C@H]1Cc2c([nH]c3ccccc23)[C@@H]2CO[C@@]3(C)C=CC(=O)C[C@H]3N12.O=C1C=C2CCCC[C@]23OC[C@H]2c4[nH]c5ccccc5c4CCN2[C@@H]3C1.[HH].[HH]. The first-order valence-electron chi connectivity index (χ1n) is 19.3. The molecule has 2 N–H and O–H groups in total. The van der Waals surface area contributed by atoms with Gasteiger partial charge in [-0.2, -0.15) is 0 Å². The summed E-state index contributed by atoms with van der Waals surface area (Å²) >= 11 is 0. The summed E-state index contributed by atoms with van der Waals surface area (Å²) in [6, 6.07) is 16.4. The molecule has 0 radical (unpaired) electrons. The van der Waals surface area contributed by atoms with E-state index in [2.05, 4.69) is 50.1 Å². The number of hydrogen-bond donors (Lipinski definition) is 2. The summed E-state index contributed by atoms with van der Waals surface area (Å²) in [7, 11) is 1.42. The Bertz CT molecular complexity index is 2250. The number of nitrogens with one attached hydrogen (secondary N) is 2. The van der Waals surface area contributed by atoms with Gasteiger partial charge in [0.05, 0.1) is 50.1 Å². The molecule has 3 fully saturated rings. The zero-order valence-electron chi connectivity index (χ0n) is 30.4. The quantitative estimate of drug-likeness (QED) is 0.216. The number of benzene rings is 2. The molecule has 3 aliphatic carbocycles. The lowest BCUT2D eigenvalue weighted by atomic mass is 9.68. The van der Waals surface area contributed by atoms with Crippen molar-refractivity contribution in [3.8, 4) is 0 Å². The van der Waals surface area contributed by atoms with Crippen LogP contribution in [-0.4, -0.2) is 93.5 Å². The number of nitrogens with zero attached hydrogens (tertiary/aromatic N) is 2. The van der Waals surface area contributed by atoms with Gasteiger partial charge < -0.3 is 24.2 Å². The standard InChI is InChI=1S/C22H24N2O2.C21H22N2O4.2H2/c25-15-11-14-5-3-4-9-22(14)20(12-15)24-10-8-17-16-6-1-2-7-18(16)23-21(17)19(24)13-26-22;1-21-8-7-12(24)9-18(21)23-16(20(25)26-2)10-14-13-5-3-4-6-15(13)22-19(14)17(23)11-27-21;;/h1-2,6-7,11,19-20,23H,3-5,8-10,12-13H2;3-8,16-18,22H,9-11H2,1-2H3;2*1H/t19-,20+,22-;16-,17+,18-,21+;;/m01../s1. The third-order valence-electron chi connectivity index (χ3n) is 13.5. The van der Waals surface area contributed by atoms with Gasteiger partial charge in [-0.25, -0.2) is 0 Å². The number of aromatic amines is 2. The van der Waals surface area contributed by atoms with Crippen molar-refractivity contribution in [2.45, 2.75) is 99.7 Å². The molecule has 278 valence electrons. The molecule has 4 aliphatic heterocycles. The van der Waals surface area contributed by atoms with Crippen molar-refractivity contribution in [2.75, 3.05) is 26.9 Å². The zero-order valence-corrected chi connectivity index (χ0v) is 30.4. The molecule has 7 atom stereocenters. The molecule has 1 saturated carbocycles. The van der Waals surface area contributed by atoms with Crippen molar-refractivity contribution in [1.29, 1.82) is 0 Å². The van der Waals surface area contributed by atoms with Crippen LogP contribution in [0.4, 0.5) is 0 Å². The molecule has 0 bridgehead atoms. The number of para-hydroxylation sites is 2. The van der Waals surface area contributed by atoms with Gasteiger partial charge in [-0.3, -0.25) is 24.2 Å². The Kier molecular flexibility index (Phi) is 7.74. The second kappa shape index (κ2) is 12.3. The van der Waals surface area contributed by atoms with Crippen molar-refractivity contribution in [2.24, 2.45) is 0 Å². The summed E-state index contributed by atoms with van der Waals surface area (Å²) in [5, 5.41) is 2.48. The maximum atomic E-state index is 12.7. The van der Waals surface area contributed by atoms with Crippen molar-refractivity contribution >= 4 is 39.3 Å². The summed E-state index contributed by atoms with van der Waals surface area (Å²) < 4.78 is 18.1. The van der Waals surface area contributed by atoms with E-state index in [-0.39, 0.29) is 50.2 Å². The van der Waals surface area contributed by atoms with E-state index in [1.807, 2.05) is 37.3 Å². The monoisotopic (exact) mass is 718 g/mol. The number of H-pyrrole nitrogens is 2. The van der Waals surface area contributed by atoms with E-state index in [1.165, 1.54) is 47.7 Å². The molecule has 0 unspecified atom stereocenters. The van der Waals surface area contributed by atoms with Crippen LogP contribution in [0.1, 0.15) is 82.9 Å². The third kappa shape index (κ3) is 5.02. The van der Waals surface area contributed by atoms with Crippen LogP contribution in [0.3, 0.4) is 0 Å². The molecule has 0 amide bonds. The highest BCUT2D eigenvalue weighted by atomic mass is 16.5. The van der Waals surface area contributed by atoms with E-state index >= 15 is 0 Å². The summed E-state index contributed by atoms with van der Waals surface area (Å²) in [6.45, 7) is 4.20. The van der Waals surface area contributed by atoms with Gasteiger partial charge in [-0.05, 0) is 86.1 Å². The Morgan fingerprint density at radius 2 is 1.55 bits per heavy atom. The fourth-order valence-corrected chi connectivity index (χ4v) is 11.0. The number of ether oxygens (including phenoxy) is 3. The highest BCUT2D eigenvalue weighted by Gasteiger charge is 2.56. The number of aromatic nitrogens is 2. The smallest absolute Gasteiger partial charge is 0.323 e. The summed E-state index contributed by atoms with van der Waals surface area (Å²) in [6.07, 6.45) is 12.4. The molecule has 2 aromatic heterocycles.